The van der Waals surface area contributed by atoms with Crippen LogP contribution in [0.25, 0.3) is 0 Å². The molecule has 12 heteroatoms. The first-order valence-corrected chi connectivity index (χ1v) is 20.1. The summed E-state index contributed by atoms with van der Waals surface area (Å²) in [6.45, 7) is 5.63. The first-order valence-electron chi connectivity index (χ1n) is 18.6. The van der Waals surface area contributed by atoms with Crippen LogP contribution in [0.15, 0.2) is 12.2 Å². The molecule has 0 bridgehead atoms. The van der Waals surface area contributed by atoms with Crippen molar-refractivity contribution in [1.82, 2.24) is 0 Å². The van der Waals surface area contributed by atoms with Crippen molar-refractivity contribution in [3.8, 4) is 0 Å². The second-order valence-corrected chi connectivity index (χ2v) is 15.2. The van der Waals surface area contributed by atoms with E-state index in [4.69, 9.17) is 19.3 Å². The van der Waals surface area contributed by atoms with E-state index in [0.29, 0.717) is 25.7 Å². The quantitative estimate of drug-likeness (QED) is 0.0236. The largest absolute Gasteiger partial charge is 0.469 e. The fourth-order valence-electron chi connectivity index (χ4n) is 6.24. The average molecular weight is 707 g/mol. The third kappa shape index (κ3) is 23.1. The second-order valence-electron chi connectivity index (χ2n) is 14.0. The van der Waals surface area contributed by atoms with Crippen LogP contribution in [0, 0.1) is 17.8 Å². The molecule has 0 heterocycles. The molecule has 1 rings (SSSR count). The van der Waals surface area contributed by atoms with Gasteiger partial charge >= 0.3 is 19.8 Å². The Hall–Kier alpha value is -1.33. The Bertz CT molecular complexity index is 922. The van der Waals surface area contributed by atoms with Crippen molar-refractivity contribution in [3.63, 3.8) is 0 Å². The Labute approximate surface area is 289 Å². The van der Waals surface area contributed by atoms with Gasteiger partial charge in [0.05, 0.1) is 24.9 Å². The average Bonchev–Trinajstić information content (AvgIpc) is 3.28. The van der Waals surface area contributed by atoms with Crippen molar-refractivity contribution in [2.75, 3.05) is 13.2 Å². The minimum atomic E-state index is -4.80. The van der Waals surface area contributed by atoms with E-state index in [2.05, 4.69) is 25.3 Å². The van der Waals surface area contributed by atoms with Crippen molar-refractivity contribution >= 4 is 19.8 Å². The Kier molecular flexibility index (Phi) is 24.6. The molecule has 0 unspecified atom stereocenters. The molecule has 282 valence electrons. The zero-order chi connectivity index (χ0) is 35.8. The molecule has 6 atom stereocenters. The number of rotatable bonds is 29. The molecular weight excluding hydrogens is 639 g/mol. The molecular formula is C36H67O11P. The molecule has 0 spiro atoms. The molecule has 0 aromatic rings. The predicted molar refractivity (Wildman–Crippen MR) is 186 cm³/mol. The lowest BCUT2D eigenvalue weighted by Gasteiger charge is -2.21. The van der Waals surface area contributed by atoms with Crippen LogP contribution in [0.4, 0.5) is 0 Å². The number of hydrogen-bond acceptors (Lipinski definition) is 9. The summed E-state index contributed by atoms with van der Waals surface area (Å²) in [5.41, 5.74) is 0. The van der Waals surface area contributed by atoms with Crippen LogP contribution in [0.5, 0.6) is 0 Å². The number of phosphoric ester groups is 1. The van der Waals surface area contributed by atoms with E-state index < -0.39 is 50.8 Å². The molecule has 0 aromatic heterocycles. The summed E-state index contributed by atoms with van der Waals surface area (Å²) in [6.07, 6.45) is 17.5. The van der Waals surface area contributed by atoms with Gasteiger partial charge in [0.1, 0.15) is 6.61 Å². The molecule has 0 aliphatic heterocycles. The van der Waals surface area contributed by atoms with Gasteiger partial charge < -0.3 is 34.6 Å². The minimum absolute atomic E-state index is 0.0801. The number of phosphoric acid groups is 1. The lowest BCUT2D eigenvalue weighted by molar-refractivity contribution is -0.161. The summed E-state index contributed by atoms with van der Waals surface area (Å²) in [5, 5.41) is 31.2. The van der Waals surface area contributed by atoms with E-state index >= 15 is 0 Å². The van der Waals surface area contributed by atoms with Gasteiger partial charge in [0.15, 0.2) is 6.10 Å². The van der Waals surface area contributed by atoms with Gasteiger partial charge in [0.2, 0.25) is 0 Å². The maximum Gasteiger partial charge on any atom is 0.469 e. The van der Waals surface area contributed by atoms with E-state index in [1.165, 1.54) is 25.7 Å². The molecule has 0 radical (unpaired) electrons. The number of ether oxygens (including phenoxy) is 2. The molecule has 1 fully saturated rings. The van der Waals surface area contributed by atoms with E-state index in [-0.39, 0.29) is 31.3 Å². The maximum absolute atomic E-state index is 12.3. The summed E-state index contributed by atoms with van der Waals surface area (Å²) in [7, 11) is -4.80. The Morgan fingerprint density at radius 2 is 1.38 bits per heavy atom. The highest BCUT2D eigenvalue weighted by Gasteiger charge is 2.39. The lowest BCUT2D eigenvalue weighted by Crippen LogP contribution is -2.29. The molecule has 1 saturated carbocycles. The number of hydrogen-bond donors (Lipinski definition) is 5. The van der Waals surface area contributed by atoms with Gasteiger partial charge in [-0.25, -0.2) is 4.57 Å². The van der Waals surface area contributed by atoms with Crippen LogP contribution in [0.3, 0.4) is 0 Å². The number of carbonyl (C=O) groups excluding carboxylic acids is 2. The zero-order valence-electron chi connectivity index (χ0n) is 29.9. The van der Waals surface area contributed by atoms with Crippen molar-refractivity contribution < 1.29 is 53.3 Å². The number of unbranched alkanes of at least 4 members (excludes halogenated alkanes) is 11. The minimum Gasteiger partial charge on any atom is -0.462 e. The highest BCUT2D eigenvalue weighted by molar-refractivity contribution is 7.46. The van der Waals surface area contributed by atoms with Gasteiger partial charge in [-0.15, -0.1) is 0 Å². The Morgan fingerprint density at radius 3 is 2.00 bits per heavy atom. The van der Waals surface area contributed by atoms with Gasteiger partial charge in [-0.2, -0.15) is 0 Å². The van der Waals surface area contributed by atoms with Gasteiger partial charge in [0, 0.05) is 25.2 Å². The molecule has 48 heavy (non-hydrogen) atoms. The van der Waals surface area contributed by atoms with E-state index in [0.717, 1.165) is 70.1 Å². The van der Waals surface area contributed by atoms with Crippen LogP contribution in [0.1, 0.15) is 149 Å². The molecule has 1 aliphatic rings. The van der Waals surface area contributed by atoms with E-state index in [1.807, 2.05) is 6.08 Å². The second kappa shape index (κ2) is 26.5. The van der Waals surface area contributed by atoms with E-state index in [9.17, 15) is 29.5 Å². The fourth-order valence-corrected chi connectivity index (χ4v) is 6.60. The normalized spacial score (nSPS) is 21.2. The summed E-state index contributed by atoms with van der Waals surface area (Å²) < 4.78 is 26.3. The Morgan fingerprint density at radius 1 is 0.792 bits per heavy atom. The molecule has 11 nitrogen and oxygen atoms in total. The first kappa shape index (κ1) is 44.7. The summed E-state index contributed by atoms with van der Waals surface area (Å²) in [6, 6.07) is 0. The van der Waals surface area contributed by atoms with Gasteiger partial charge in [-0.05, 0) is 37.5 Å². The predicted octanol–water partition coefficient (Wildman–Crippen LogP) is 6.91. The Balaban J connectivity index is 2.33. The highest BCUT2D eigenvalue weighted by Crippen LogP contribution is 2.37. The topological polar surface area (TPSA) is 180 Å². The lowest BCUT2D eigenvalue weighted by atomic mass is 9.88. The fraction of sp³-hybridized carbons (Fsp3) is 0.889. The van der Waals surface area contributed by atoms with Crippen molar-refractivity contribution in [2.24, 2.45) is 17.8 Å². The zero-order valence-corrected chi connectivity index (χ0v) is 30.8. The summed E-state index contributed by atoms with van der Waals surface area (Å²) in [5.74, 6) is -0.567. The van der Waals surface area contributed by atoms with Crippen molar-refractivity contribution in [2.45, 2.75) is 174 Å². The molecule has 0 aromatic carbocycles. The summed E-state index contributed by atoms with van der Waals surface area (Å²) in [4.78, 5) is 42.8. The first-order chi connectivity index (χ1) is 22.8. The van der Waals surface area contributed by atoms with Crippen molar-refractivity contribution in [3.05, 3.63) is 12.2 Å². The molecule has 0 amide bonds. The molecule has 5 N–H and O–H groups in total. The van der Waals surface area contributed by atoms with Crippen LogP contribution in [-0.2, 0) is 28.2 Å². The number of aliphatic hydroxyl groups is 3. The third-order valence-corrected chi connectivity index (χ3v) is 9.55. The number of aliphatic hydroxyl groups excluding tert-OH is 3. The summed E-state index contributed by atoms with van der Waals surface area (Å²) >= 11 is 0. The van der Waals surface area contributed by atoms with Gasteiger partial charge in [0.25, 0.3) is 0 Å². The third-order valence-electron chi connectivity index (χ3n) is 9.06. The van der Waals surface area contributed by atoms with Crippen LogP contribution in [-0.4, -0.2) is 74.7 Å². The smallest absolute Gasteiger partial charge is 0.462 e. The van der Waals surface area contributed by atoms with Gasteiger partial charge in [-0.1, -0.05) is 116 Å². The number of esters is 2. The maximum atomic E-state index is 12.3. The van der Waals surface area contributed by atoms with E-state index in [1.54, 1.807) is 6.08 Å². The van der Waals surface area contributed by atoms with Crippen molar-refractivity contribution in [1.29, 1.82) is 0 Å². The highest BCUT2D eigenvalue weighted by atomic mass is 31.2. The molecule has 1 aliphatic carbocycles. The molecule has 0 saturated heterocycles. The number of carbonyl (C=O) groups is 2. The van der Waals surface area contributed by atoms with Crippen LogP contribution in [0.2, 0.25) is 0 Å². The standard InChI is InChI=1S/C36H67O11P/c1-4-5-13-19-29(37)23-24-32-31(33(38)25-34(32)39)20-15-11-12-16-21-35(40)45-26-30(27-46-48(42,43)44)47-36(41)22-17-10-8-6-7-9-14-18-28(2)3/h23-24,28-34,37-39H,4-22,25-27H2,1-3H3,(H2,42,43,44)/b24-23+/t29-,30+,31+,32+,33-,34+/m0/s1. The monoisotopic (exact) mass is 706 g/mol. The van der Waals surface area contributed by atoms with Gasteiger partial charge in [-0.3, -0.25) is 14.1 Å². The van der Waals surface area contributed by atoms with Crippen LogP contribution < -0.4 is 0 Å². The van der Waals surface area contributed by atoms with Crippen LogP contribution >= 0.6 is 7.82 Å². The SMILES string of the molecule is CCCCC[C@H](O)/C=C/[C@@H]1[C@@H](CCCCCCC(=O)OC[C@H](COP(=O)(O)O)OC(=O)CCCCCCCCCC(C)C)[C@@H](O)C[C@H]1O.